The Morgan fingerprint density at radius 2 is 1.30 bits per heavy atom. The van der Waals surface area contributed by atoms with Crippen LogP contribution in [-0.4, -0.2) is 36.5 Å². The number of esters is 2. The summed E-state index contributed by atoms with van der Waals surface area (Å²) >= 11 is 3.29. The third kappa shape index (κ3) is 9.89. The molecule has 9 heteroatoms. The van der Waals surface area contributed by atoms with Crippen molar-refractivity contribution in [2.75, 3.05) is 6.61 Å². The largest absolute Gasteiger partial charge is 0.461 e. The second-order valence-electron chi connectivity index (χ2n) is 7.98. The number of rotatable bonds is 12. The number of ketones is 1. The van der Waals surface area contributed by atoms with E-state index in [1.807, 2.05) is 36.4 Å². The first-order valence-corrected chi connectivity index (χ1v) is 12.3. The van der Waals surface area contributed by atoms with Gasteiger partial charge in [-0.15, -0.1) is 0 Å². The number of halogens is 1. The van der Waals surface area contributed by atoms with E-state index in [2.05, 4.69) is 21.2 Å². The summed E-state index contributed by atoms with van der Waals surface area (Å²) in [5.74, 6) is -1.82. The van der Waals surface area contributed by atoms with Crippen LogP contribution in [0, 0.1) is 0 Å². The minimum absolute atomic E-state index is 0.00435. The van der Waals surface area contributed by atoms with Crippen LogP contribution in [0.15, 0.2) is 89.4 Å². The Balaban J connectivity index is 1.55. The van der Waals surface area contributed by atoms with E-state index in [1.54, 1.807) is 48.5 Å². The SMILES string of the molecule is O=C(CC[C@H](NC(=O)OCc1ccccc1)C(=O)OCC(=O)c1ccc(Br)cc1)OCc1ccccc1. The maximum absolute atomic E-state index is 12.7. The lowest BCUT2D eigenvalue weighted by molar-refractivity contribution is -0.147. The van der Waals surface area contributed by atoms with Crippen molar-refractivity contribution in [1.29, 1.82) is 0 Å². The molecule has 3 aromatic rings. The second kappa shape index (κ2) is 14.5. The van der Waals surface area contributed by atoms with Crippen LogP contribution >= 0.6 is 15.9 Å². The lowest BCUT2D eigenvalue weighted by Crippen LogP contribution is -2.43. The van der Waals surface area contributed by atoms with Crippen molar-refractivity contribution >= 4 is 39.7 Å². The summed E-state index contributed by atoms with van der Waals surface area (Å²) in [5.41, 5.74) is 1.95. The maximum atomic E-state index is 12.7. The van der Waals surface area contributed by atoms with Gasteiger partial charge in [-0.05, 0) is 29.7 Å². The van der Waals surface area contributed by atoms with Crippen LogP contribution in [-0.2, 0) is 37.0 Å². The minimum atomic E-state index is -1.22. The molecule has 3 rings (SSSR count). The van der Waals surface area contributed by atoms with E-state index in [1.165, 1.54) is 0 Å². The zero-order valence-corrected chi connectivity index (χ0v) is 21.5. The van der Waals surface area contributed by atoms with E-state index in [9.17, 15) is 19.2 Å². The number of alkyl carbamates (subject to hydrolysis) is 1. The standard InChI is InChI=1S/C28H26BrNO7/c29-23-13-11-22(12-14-23)25(31)19-36-27(33)24(30-28(34)37-18-21-9-5-2-6-10-21)15-16-26(32)35-17-20-7-3-1-4-8-20/h1-14,24H,15-19H2,(H,30,34)/t24-/m0/s1. The molecule has 8 nitrogen and oxygen atoms in total. The first kappa shape index (κ1) is 27.6. The molecule has 0 fully saturated rings. The zero-order valence-electron chi connectivity index (χ0n) is 19.9. The molecule has 0 aliphatic carbocycles. The monoisotopic (exact) mass is 567 g/mol. The highest BCUT2D eigenvalue weighted by Crippen LogP contribution is 2.12. The molecule has 3 aromatic carbocycles. The van der Waals surface area contributed by atoms with Crippen LogP contribution in [0.4, 0.5) is 4.79 Å². The molecule has 0 spiro atoms. The van der Waals surface area contributed by atoms with Gasteiger partial charge in [0.1, 0.15) is 19.3 Å². The number of hydrogen-bond acceptors (Lipinski definition) is 7. The van der Waals surface area contributed by atoms with Gasteiger partial charge in [0.25, 0.3) is 0 Å². The summed E-state index contributed by atoms with van der Waals surface area (Å²) < 4.78 is 16.4. The van der Waals surface area contributed by atoms with Crippen LogP contribution in [0.1, 0.15) is 34.3 Å². The molecule has 37 heavy (non-hydrogen) atoms. The highest BCUT2D eigenvalue weighted by Gasteiger charge is 2.25. The van der Waals surface area contributed by atoms with Crippen molar-refractivity contribution in [3.8, 4) is 0 Å². The summed E-state index contributed by atoms with van der Waals surface area (Å²) in [4.78, 5) is 49.7. The van der Waals surface area contributed by atoms with E-state index >= 15 is 0 Å². The van der Waals surface area contributed by atoms with E-state index < -0.39 is 36.5 Å². The van der Waals surface area contributed by atoms with Gasteiger partial charge in [0.05, 0.1) is 0 Å². The molecule has 0 radical (unpaired) electrons. The molecule has 1 amide bonds. The molecule has 0 bridgehead atoms. The number of nitrogens with one attached hydrogen (secondary N) is 1. The first-order valence-electron chi connectivity index (χ1n) is 11.5. The van der Waals surface area contributed by atoms with Crippen molar-refractivity contribution < 1.29 is 33.4 Å². The Hall–Kier alpha value is -3.98. The third-order valence-corrected chi connectivity index (χ3v) is 5.71. The molecule has 0 aromatic heterocycles. The van der Waals surface area contributed by atoms with Crippen molar-refractivity contribution in [2.45, 2.75) is 32.1 Å². The number of Topliss-reactive ketones (excluding diaryl/α,β-unsaturated/α-hetero) is 1. The molecule has 0 unspecified atom stereocenters. The molecule has 0 aliphatic rings. The molecule has 1 N–H and O–H groups in total. The Bertz CT molecular complexity index is 1180. The van der Waals surface area contributed by atoms with Crippen LogP contribution in [0.5, 0.6) is 0 Å². The fourth-order valence-corrected chi connectivity index (χ4v) is 3.45. The minimum Gasteiger partial charge on any atom is -0.461 e. The quantitative estimate of drug-likeness (QED) is 0.186. The summed E-state index contributed by atoms with van der Waals surface area (Å²) in [5, 5.41) is 2.43. The number of carbonyl (C=O) groups excluding carboxylic acids is 4. The lowest BCUT2D eigenvalue weighted by atomic mass is 10.1. The maximum Gasteiger partial charge on any atom is 0.408 e. The van der Waals surface area contributed by atoms with Crippen molar-refractivity contribution in [1.82, 2.24) is 5.32 Å². The van der Waals surface area contributed by atoms with Gasteiger partial charge >= 0.3 is 18.0 Å². The topological polar surface area (TPSA) is 108 Å². The van der Waals surface area contributed by atoms with Gasteiger partial charge in [-0.25, -0.2) is 9.59 Å². The fraction of sp³-hybridized carbons (Fsp3) is 0.214. The fourth-order valence-electron chi connectivity index (χ4n) is 3.18. The Labute approximate surface area is 223 Å². The number of ether oxygens (including phenoxy) is 3. The molecule has 0 saturated carbocycles. The second-order valence-corrected chi connectivity index (χ2v) is 8.90. The Morgan fingerprint density at radius 1 is 0.730 bits per heavy atom. The van der Waals surface area contributed by atoms with Crippen LogP contribution in [0.25, 0.3) is 0 Å². The van der Waals surface area contributed by atoms with Gasteiger partial charge in [0, 0.05) is 16.5 Å². The van der Waals surface area contributed by atoms with Gasteiger partial charge in [0.15, 0.2) is 12.4 Å². The summed E-state index contributed by atoms with van der Waals surface area (Å²) in [7, 11) is 0. The van der Waals surface area contributed by atoms with Crippen LogP contribution in [0.2, 0.25) is 0 Å². The molecular weight excluding hydrogens is 542 g/mol. The van der Waals surface area contributed by atoms with Crippen molar-refractivity contribution in [3.63, 3.8) is 0 Å². The summed E-state index contributed by atoms with van der Waals surface area (Å²) in [6.07, 6.45) is -1.12. The van der Waals surface area contributed by atoms with Gasteiger partial charge < -0.3 is 19.5 Å². The molecular formula is C28H26BrNO7. The number of carbonyl (C=O) groups is 4. The van der Waals surface area contributed by atoms with E-state index in [-0.39, 0.29) is 26.1 Å². The predicted octanol–water partition coefficient (Wildman–Crippen LogP) is 4.99. The average Bonchev–Trinajstić information content (AvgIpc) is 2.93. The summed E-state index contributed by atoms with van der Waals surface area (Å²) in [6, 6.07) is 23.5. The average molecular weight is 568 g/mol. The van der Waals surface area contributed by atoms with Gasteiger partial charge in [-0.3, -0.25) is 9.59 Å². The lowest BCUT2D eigenvalue weighted by Gasteiger charge is -2.17. The van der Waals surface area contributed by atoms with Gasteiger partial charge in [0.2, 0.25) is 0 Å². The molecule has 1 atom stereocenters. The predicted molar refractivity (Wildman–Crippen MR) is 138 cm³/mol. The molecule has 0 heterocycles. The molecule has 0 aliphatic heterocycles. The number of benzene rings is 3. The normalized spacial score (nSPS) is 11.2. The van der Waals surface area contributed by atoms with Gasteiger partial charge in [-0.2, -0.15) is 0 Å². The van der Waals surface area contributed by atoms with E-state index in [4.69, 9.17) is 14.2 Å². The van der Waals surface area contributed by atoms with Crippen LogP contribution < -0.4 is 5.32 Å². The Kier molecular flexibility index (Phi) is 10.9. The smallest absolute Gasteiger partial charge is 0.408 e. The highest BCUT2D eigenvalue weighted by atomic mass is 79.9. The van der Waals surface area contributed by atoms with Crippen molar-refractivity contribution in [3.05, 3.63) is 106 Å². The van der Waals surface area contributed by atoms with E-state index in [0.717, 1.165) is 15.6 Å². The zero-order chi connectivity index (χ0) is 26.5. The third-order valence-electron chi connectivity index (χ3n) is 5.18. The first-order chi connectivity index (χ1) is 17.9. The van der Waals surface area contributed by atoms with Crippen LogP contribution in [0.3, 0.4) is 0 Å². The number of hydrogen-bond donors (Lipinski definition) is 1. The van der Waals surface area contributed by atoms with Gasteiger partial charge in [-0.1, -0.05) is 88.7 Å². The highest BCUT2D eigenvalue weighted by molar-refractivity contribution is 9.10. The molecule has 0 saturated heterocycles. The molecule has 192 valence electrons. The van der Waals surface area contributed by atoms with Crippen molar-refractivity contribution in [2.24, 2.45) is 0 Å². The summed E-state index contributed by atoms with van der Waals surface area (Å²) in [6.45, 7) is -0.436. The number of amides is 1. The van der Waals surface area contributed by atoms with E-state index in [0.29, 0.717) is 5.56 Å². The Morgan fingerprint density at radius 3 is 1.89 bits per heavy atom.